The summed E-state index contributed by atoms with van der Waals surface area (Å²) in [6.07, 6.45) is 4.28. The molecule has 2 heteroatoms. The van der Waals surface area contributed by atoms with Crippen molar-refractivity contribution in [2.24, 2.45) is 5.92 Å². The highest BCUT2D eigenvalue weighted by molar-refractivity contribution is 5.43. The Labute approximate surface area is 92.1 Å². The van der Waals surface area contributed by atoms with E-state index in [4.69, 9.17) is 0 Å². The summed E-state index contributed by atoms with van der Waals surface area (Å²) in [4.78, 5) is 0. The molecule has 15 heavy (non-hydrogen) atoms. The predicted octanol–water partition coefficient (Wildman–Crippen LogP) is 2.62. The second kappa shape index (κ2) is 5.17. The van der Waals surface area contributed by atoms with Crippen LogP contribution >= 0.6 is 0 Å². The van der Waals surface area contributed by atoms with Gasteiger partial charge in [-0.25, -0.2) is 0 Å². The van der Waals surface area contributed by atoms with Gasteiger partial charge < -0.3 is 10.6 Å². The predicted molar refractivity (Wildman–Crippen MR) is 65.0 cm³/mol. The fourth-order valence-corrected chi connectivity index (χ4v) is 1.91. The molecule has 0 unspecified atom stereocenters. The van der Waals surface area contributed by atoms with E-state index in [2.05, 4.69) is 34.9 Å². The second-order valence-corrected chi connectivity index (χ2v) is 4.37. The number of nitrogens with one attached hydrogen (secondary N) is 2. The lowest BCUT2D eigenvalue weighted by atomic mass is 9.85. The van der Waals surface area contributed by atoms with Gasteiger partial charge in [0.05, 0.1) is 0 Å². The van der Waals surface area contributed by atoms with Crippen LogP contribution in [0.1, 0.15) is 24.8 Å². The van der Waals surface area contributed by atoms with E-state index in [1.807, 2.05) is 7.05 Å². The van der Waals surface area contributed by atoms with Gasteiger partial charge in [0, 0.05) is 19.3 Å². The maximum absolute atomic E-state index is 3.52. The molecular weight excluding hydrogens is 184 g/mol. The number of hydrogen-bond donors (Lipinski definition) is 2. The molecule has 0 amide bonds. The Morgan fingerprint density at radius 1 is 1.20 bits per heavy atom. The minimum absolute atomic E-state index is 0.946. The standard InChI is InChI=1S/C13H20N2/c1-14-13-7-5-12(6-8-13)10-15-9-11-3-2-4-11/h5-8,11,14-15H,2-4,9-10H2,1H3. The average Bonchev–Trinajstić information content (AvgIpc) is 2.23. The third-order valence-corrected chi connectivity index (χ3v) is 3.23. The molecule has 1 aliphatic rings. The first-order valence-electron chi connectivity index (χ1n) is 5.86. The Kier molecular flexibility index (Phi) is 3.62. The smallest absolute Gasteiger partial charge is 0.0337 e. The molecule has 1 aromatic carbocycles. The zero-order chi connectivity index (χ0) is 10.5. The molecule has 1 fully saturated rings. The van der Waals surface area contributed by atoms with E-state index in [0.717, 1.165) is 12.5 Å². The Balaban J connectivity index is 1.72. The molecule has 82 valence electrons. The highest BCUT2D eigenvalue weighted by Crippen LogP contribution is 2.25. The molecule has 0 spiro atoms. The van der Waals surface area contributed by atoms with Gasteiger partial charge in [0.15, 0.2) is 0 Å². The normalized spacial score (nSPS) is 16.1. The first-order valence-corrected chi connectivity index (χ1v) is 5.86. The lowest BCUT2D eigenvalue weighted by Gasteiger charge is -2.25. The van der Waals surface area contributed by atoms with Crippen LogP contribution in [0.2, 0.25) is 0 Å². The van der Waals surface area contributed by atoms with E-state index in [-0.39, 0.29) is 0 Å². The first-order chi connectivity index (χ1) is 7.38. The molecular formula is C13H20N2. The summed E-state index contributed by atoms with van der Waals surface area (Å²) in [5.41, 5.74) is 2.55. The Morgan fingerprint density at radius 2 is 1.93 bits per heavy atom. The van der Waals surface area contributed by atoms with Crippen molar-refractivity contribution in [1.82, 2.24) is 5.32 Å². The van der Waals surface area contributed by atoms with Gasteiger partial charge in [0.25, 0.3) is 0 Å². The SMILES string of the molecule is CNc1ccc(CNCC2CCC2)cc1. The molecule has 2 N–H and O–H groups in total. The van der Waals surface area contributed by atoms with E-state index in [0.29, 0.717) is 0 Å². The van der Waals surface area contributed by atoms with Crippen molar-refractivity contribution in [2.75, 3.05) is 18.9 Å². The van der Waals surface area contributed by atoms with Gasteiger partial charge in [0.2, 0.25) is 0 Å². The monoisotopic (exact) mass is 204 g/mol. The van der Waals surface area contributed by atoms with Gasteiger partial charge in [-0.2, -0.15) is 0 Å². The third-order valence-electron chi connectivity index (χ3n) is 3.23. The summed E-state index contributed by atoms with van der Waals surface area (Å²) in [5, 5.41) is 6.65. The largest absolute Gasteiger partial charge is 0.388 e. The van der Waals surface area contributed by atoms with E-state index in [1.54, 1.807) is 0 Å². The Morgan fingerprint density at radius 3 is 2.47 bits per heavy atom. The molecule has 0 saturated heterocycles. The number of hydrogen-bond acceptors (Lipinski definition) is 2. The molecule has 2 rings (SSSR count). The highest BCUT2D eigenvalue weighted by atomic mass is 14.9. The van der Waals surface area contributed by atoms with Crippen molar-refractivity contribution in [3.05, 3.63) is 29.8 Å². The molecule has 0 atom stereocenters. The lowest BCUT2D eigenvalue weighted by molar-refractivity contribution is 0.301. The Hall–Kier alpha value is -1.02. The zero-order valence-corrected chi connectivity index (χ0v) is 9.42. The fourth-order valence-electron chi connectivity index (χ4n) is 1.91. The van der Waals surface area contributed by atoms with Crippen LogP contribution in [0.3, 0.4) is 0 Å². The minimum Gasteiger partial charge on any atom is -0.388 e. The number of benzene rings is 1. The van der Waals surface area contributed by atoms with Crippen molar-refractivity contribution in [3.63, 3.8) is 0 Å². The molecule has 1 aliphatic carbocycles. The van der Waals surface area contributed by atoms with Crippen LogP contribution in [0.15, 0.2) is 24.3 Å². The van der Waals surface area contributed by atoms with Gasteiger partial charge in [-0.1, -0.05) is 18.6 Å². The number of anilines is 1. The maximum atomic E-state index is 3.52. The van der Waals surface area contributed by atoms with E-state index >= 15 is 0 Å². The topological polar surface area (TPSA) is 24.1 Å². The van der Waals surface area contributed by atoms with Crippen LogP contribution in [-0.4, -0.2) is 13.6 Å². The lowest BCUT2D eigenvalue weighted by Crippen LogP contribution is -2.26. The van der Waals surface area contributed by atoms with Crippen molar-refractivity contribution < 1.29 is 0 Å². The summed E-state index contributed by atoms with van der Waals surface area (Å²) >= 11 is 0. The van der Waals surface area contributed by atoms with Gasteiger partial charge in [-0.05, 0) is 43.0 Å². The van der Waals surface area contributed by atoms with Crippen molar-refractivity contribution >= 4 is 5.69 Å². The summed E-state index contributed by atoms with van der Waals surface area (Å²) in [5.74, 6) is 0.946. The average molecular weight is 204 g/mol. The van der Waals surface area contributed by atoms with Gasteiger partial charge in [-0.15, -0.1) is 0 Å². The molecule has 0 aliphatic heterocycles. The van der Waals surface area contributed by atoms with Gasteiger partial charge >= 0.3 is 0 Å². The molecule has 1 saturated carbocycles. The molecule has 2 nitrogen and oxygen atoms in total. The van der Waals surface area contributed by atoms with Crippen LogP contribution in [0.5, 0.6) is 0 Å². The molecule has 0 bridgehead atoms. The van der Waals surface area contributed by atoms with Crippen molar-refractivity contribution in [2.45, 2.75) is 25.8 Å². The van der Waals surface area contributed by atoms with Crippen LogP contribution < -0.4 is 10.6 Å². The fraction of sp³-hybridized carbons (Fsp3) is 0.538. The van der Waals surface area contributed by atoms with Gasteiger partial charge in [-0.3, -0.25) is 0 Å². The van der Waals surface area contributed by atoms with Gasteiger partial charge in [0.1, 0.15) is 0 Å². The quantitative estimate of drug-likeness (QED) is 0.770. The summed E-state index contributed by atoms with van der Waals surface area (Å²) in [7, 11) is 1.95. The van der Waals surface area contributed by atoms with E-state index in [1.165, 1.54) is 37.1 Å². The van der Waals surface area contributed by atoms with Crippen LogP contribution in [-0.2, 0) is 6.54 Å². The summed E-state index contributed by atoms with van der Waals surface area (Å²) < 4.78 is 0. The summed E-state index contributed by atoms with van der Waals surface area (Å²) in [6.45, 7) is 2.19. The molecule has 0 aromatic heterocycles. The summed E-state index contributed by atoms with van der Waals surface area (Å²) in [6, 6.07) is 8.61. The molecule has 0 heterocycles. The maximum Gasteiger partial charge on any atom is 0.0337 e. The van der Waals surface area contributed by atoms with Crippen LogP contribution in [0.4, 0.5) is 5.69 Å². The highest BCUT2D eigenvalue weighted by Gasteiger charge is 2.16. The zero-order valence-electron chi connectivity index (χ0n) is 9.42. The van der Waals surface area contributed by atoms with E-state index in [9.17, 15) is 0 Å². The number of rotatable bonds is 5. The second-order valence-electron chi connectivity index (χ2n) is 4.37. The minimum atomic E-state index is 0.946. The van der Waals surface area contributed by atoms with E-state index < -0.39 is 0 Å². The van der Waals surface area contributed by atoms with Crippen molar-refractivity contribution in [1.29, 1.82) is 0 Å². The van der Waals surface area contributed by atoms with Crippen LogP contribution in [0, 0.1) is 5.92 Å². The molecule has 0 radical (unpaired) electrons. The molecule has 1 aromatic rings. The van der Waals surface area contributed by atoms with Crippen LogP contribution in [0.25, 0.3) is 0 Å². The third kappa shape index (κ3) is 2.96. The Bertz CT molecular complexity index is 288. The van der Waals surface area contributed by atoms with Crippen molar-refractivity contribution in [3.8, 4) is 0 Å². The first kappa shape index (κ1) is 10.5.